The Morgan fingerprint density at radius 2 is 2.38 bits per heavy atom. The predicted molar refractivity (Wildman–Crippen MR) is 62.2 cm³/mol. The Labute approximate surface area is 101 Å². The molecule has 0 aliphatic carbocycles. The lowest BCUT2D eigenvalue weighted by Crippen LogP contribution is -2.48. The number of hydrogen-bond acceptors (Lipinski definition) is 5. The molecular formula is C8H11IN2O5. The van der Waals surface area contributed by atoms with Crippen molar-refractivity contribution in [3.05, 3.63) is 0 Å². The second kappa shape index (κ2) is 4.73. The summed E-state index contributed by atoms with van der Waals surface area (Å²) in [7, 11) is 0. The highest BCUT2D eigenvalue weighted by molar-refractivity contribution is 14.2. The molecule has 0 saturated carbocycles. The van der Waals surface area contributed by atoms with Gasteiger partial charge in [-0.05, 0) is 0 Å². The highest BCUT2D eigenvalue weighted by Gasteiger charge is 2.39. The summed E-state index contributed by atoms with van der Waals surface area (Å²) < 4.78 is 6.59. The Bertz CT molecular complexity index is 347. The van der Waals surface area contributed by atoms with Crippen LogP contribution < -0.4 is 5.32 Å². The van der Waals surface area contributed by atoms with Crippen LogP contribution in [0.3, 0.4) is 0 Å². The lowest BCUT2D eigenvalue weighted by atomic mass is 10.2. The number of rotatable bonds is 2. The van der Waals surface area contributed by atoms with Crippen molar-refractivity contribution in [1.82, 2.24) is 10.2 Å². The number of hydrogen-bond donors (Lipinski definition) is 3. The fourth-order valence-electron chi connectivity index (χ4n) is 1.56. The molecule has 7 nitrogen and oxygen atoms in total. The Morgan fingerprint density at radius 1 is 1.62 bits per heavy atom. The molecule has 0 bridgehead atoms. The summed E-state index contributed by atoms with van der Waals surface area (Å²) in [6.45, 7) is -0.291. The molecule has 3 atom stereocenters. The van der Waals surface area contributed by atoms with Crippen molar-refractivity contribution >= 4 is 34.8 Å². The third kappa shape index (κ3) is 2.24. The molecular weight excluding hydrogens is 331 g/mol. The average Bonchev–Trinajstić information content (AvgIpc) is 2.59. The van der Waals surface area contributed by atoms with E-state index in [9.17, 15) is 14.7 Å². The minimum atomic E-state index is -0.861. The number of aliphatic hydroxyl groups is 2. The van der Waals surface area contributed by atoms with Crippen molar-refractivity contribution in [2.45, 2.75) is 24.9 Å². The van der Waals surface area contributed by atoms with Crippen molar-refractivity contribution in [2.24, 2.45) is 0 Å². The largest absolute Gasteiger partial charge is 0.394 e. The second-order valence-corrected chi connectivity index (χ2v) is 5.59. The molecule has 1 saturated heterocycles. The fourth-order valence-corrected chi connectivity index (χ4v) is 3.11. The predicted octanol–water partition coefficient (Wildman–Crippen LogP) is -0.670. The van der Waals surface area contributed by atoms with E-state index in [-0.39, 0.29) is 16.9 Å². The maximum absolute atomic E-state index is 11.4. The van der Waals surface area contributed by atoms with Crippen molar-refractivity contribution in [3.63, 3.8) is 0 Å². The normalized spacial score (nSPS) is 34.9. The summed E-state index contributed by atoms with van der Waals surface area (Å²) in [5.74, 6) is 0. The maximum Gasteiger partial charge on any atom is 0.331 e. The van der Waals surface area contributed by atoms with E-state index in [1.807, 2.05) is 0 Å². The summed E-state index contributed by atoms with van der Waals surface area (Å²) in [5.41, 5.74) is 0. The topological polar surface area (TPSA) is 99.1 Å². The van der Waals surface area contributed by atoms with E-state index in [1.54, 1.807) is 0 Å². The van der Waals surface area contributed by atoms with E-state index in [2.05, 4.69) is 5.32 Å². The monoisotopic (exact) mass is 342 g/mol. The van der Waals surface area contributed by atoms with Crippen LogP contribution in [-0.2, 0) is 4.74 Å². The summed E-state index contributed by atoms with van der Waals surface area (Å²) >= 11 is -0.861. The van der Waals surface area contributed by atoms with Gasteiger partial charge in [0.05, 0.1) is 12.7 Å². The van der Waals surface area contributed by atoms with Gasteiger partial charge in [0.2, 0.25) is 0 Å². The molecule has 0 radical (unpaired) electrons. The second-order valence-electron chi connectivity index (χ2n) is 3.43. The summed E-state index contributed by atoms with van der Waals surface area (Å²) in [6, 6.07) is -0.535. The SMILES string of the molecule is O=C1NC(=O)N(C2C[C@H](O)[C@@H](CO)O2)C=I1. The molecule has 2 aliphatic heterocycles. The van der Waals surface area contributed by atoms with Gasteiger partial charge in [0.15, 0.2) is 0 Å². The van der Waals surface area contributed by atoms with Crippen molar-refractivity contribution in [2.75, 3.05) is 6.61 Å². The molecule has 2 heterocycles. The number of carbonyl (C=O) groups excluding carboxylic acids is 2. The first-order valence-corrected chi connectivity index (χ1v) is 6.98. The molecule has 0 aromatic heterocycles. The van der Waals surface area contributed by atoms with E-state index in [0.29, 0.717) is 0 Å². The van der Waals surface area contributed by atoms with Crippen LogP contribution in [0.5, 0.6) is 0 Å². The summed E-state index contributed by atoms with van der Waals surface area (Å²) in [5, 5.41) is 20.6. The van der Waals surface area contributed by atoms with Crippen LogP contribution in [0.15, 0.2) is 0 Å². The minimum Gasteiger partial charge on any atom is -0.394 e. The van der Waals surface area contributed by atoms with E-state index < -0.39 is 45.2 Å². The van der Waals surface area contributed by atoms with Crippen LogP contribution in [0.4, 0.5) is 9.59 Å². The van der Waals surface area contributed by atoms with Gasteiger partial charge in [-0.3, -0.25) is 15.0 Å². The van der Waals surface area contributed by atoms with Crippen molar-refractivity contribution in [1.29, 1.82) is 0 Å². The van der Waals surface area contributed by atoms with E-state index in [0.717, 1.165) is 0 Å². The summed E-state index contributed by atoms with van der Waals surface area (Å²) in [6.07, 6.45) is -1.80. The minimum absolute atomic E-state index is 0.243. The molecule has 90 valence electrons. The van der Waals surface area contributed by atoms with Crippen molar-refractivity contribution < 1.29 is 24.5 Å². The van der Waals surface area contributed by atoms with E-state index in [1.165, 1.54) is 9.04 Å². The van der Waals surface area contributed by atoms with Crippen LogP contribution in [0.2, 0.25) is 0 Å². The van der Waals surface area contributed by atoms with Crippen LogP contribution in [-0.4, -0.2) is 54.2 Å². The number of imide groups is 1. The Hall–Kier alpha value is -0.580. The number of amides is 3. The molecule has 1 fully saturated rings. The smallest absolute Gasteiger partial charge is 0.331 e. The van der Waals surface area contributed by atoms with E-state index >= 15 is 0 Å². The molecule has 3 amide bonds. The quantitative estimate of drug-likeness (QED) is 0.351. The van der Waals surface area contributed by atoms with Gasteiger partial charge in [-0.25, -0.2) is 4.79 Å². The fraction of sp³-hybridized carbons (Fsp3) is 0.625. The molecule has 0 spiro atoms. The Morgan fingerprint density at radius 3 is 2.94 bits per heavy atom. The molecule has 1 unspecified atom stereocenters. The van der Waals surface area contributed by atoms with Gasteiger partial charge in [0, 0.05) is 31.3 Å². The number of nitrogens with zero attached hydrogens (tertiary/aromatic N) is 1. The maximum atomic E-state index is 11.4. The summed E-state index contributed by atoms with van der Waals surface area (Å²) in [4.78, 5) is 23.7. The number of nitrogens with one attached hydrogen (secondary N) is 1. The van der Waals surface area contributed by atoms with Crippen LogP contribution >= 0.6 is 20.7 Å². The first-order valence-electron chi connectivity index (χ1n) is 4.66. The van der Waals surface area contributed by atoms with Gasteiger partial charge in [-0.15, -0.1) is 0 Å². The lowest BCUT2D eigenvalue weighted by molar-refractivity contribution is -0.0470. The zero-order valence-corrected chi connectivity index (χ0v) is 10.3. The third-order valence-corrected chi connectivity index (χ3v) is 4.10. The van der Waals surface area contributed by atoms with Gasteiger partial charge in [0.25, 0.3) is 3.91 Å². The standard InChI is InChI=1S/C8H11IN2O5/c12-2-5-4(13)1-6(16-5)11-3-9-7(14)10-8(11)15/h3-6,12-13H,1-2H2,(H,10,14,15)/t4-,5+,6?/m0/s1. The third-order valence-electron chi connectivity index (χ3n) is 2.39. The lowest BCUT2D eigenvalue weighted by Gasteiger charge is -2.26. The number of halogens is 1. The Balaban J connectivity index is 2.07. The zero-order valence-electron chi connectivity index (χ0n) is 8.17. The van der Waals surface area contributed by atoms with Crippen LogP contribution in [0.25, 0.3) is 0 Å². The highest BCUT2D eigenvalue weighted by atomic mass is 127. The van der Waals surface area contributed by atoms with Crippen LogP contribution in [0, 0.1) is 0 Å². The van der Waals surface area contributed by atoms with Gasteiger partial charge in [0.1, 0.15) is 12.3 Å². The molecule has 2 rings (SSSR count). The molecule has 3 N–H and O–H groups in total. The van der Waals surface area contributed by atoms with Gasteiger partial charge in [-0.2, -0.15) is 0 Å². The molecule has 8 heteroatoms. The van der Waals surface area contributed by atoms with Crippen molar-refractivity contribution in [3.8, 4) is 0 Å². The number of aliphatic hydroxyl groups excluding tert-OH is 2. The Kier molecular flexibility index (Phi) is 3.52. The number of urea groups is 1. The van der Waals surface area contributed by atoms with Gasteiger partial charge in [-0.1, -0.05) is 0 Å². The number of ether oxygens (including phenoxy) is 1. The van der Waals surface area contributed by atoms with Crippen LogP contribution in [0.1, 0.15) is 6.42 Å². The molecule has 2 aliphatic rings. The first-order chi connectivity index (χ1) is 7.61. The zero-order chi connectivity index (χ0) is 11.7. The van der Waals surface area contributed by atoms with E-state index in [4.69, 9.17) is 9.84 Å². The molecule has 0 aromatic rings. The molecule has 16 heavy (non-hydrogen) atoms. The van der Waals surface area contributed by atoms with Gasteiger partial charge >= 0.3 is 6.03 Å². The number of carbonyl (C=O) groups is 2. The highest BCUT2D eigenvalue weighted by Crippen LogP contribution is 2.24. The van der Waals surface area contributed by atoms with Gasteiger partial charge < -0.3 is 14.9 Å². The first kappa shape index (κ1) is 11.9. The average molecular weight is 342 g/mol. The molecule has 0 aromatic carbocycles.